The van der Waals surface area contributed by atoms with E-state index < -0.39 is 0 Å². The minimum atomic E-state index is 0.402. The number of thiophene rings is 1. The Morgan fingerprint density at radius 2 is 2.36 bits per heavy atom. The summed E-state index contributed by atoms with van der Waals surface area (Å²) in [4.78, 5) is 1.48. The normalized spacial score (nSPS) is 32.4. The lowest BCUT2D eigenvalue weighted by atomic mass is 9.94. The molecule has 0 spiro atoms. The van der Waals surface area contributed by atoms with E-state index in [1.54, 1.807) is 0 Å². The highest BCUT2D eigenvalue weighted by molar-refractivity contribution is 9.10. The van der Waals surface area contributed by atoms with Crippen LogP contribution in [0.5, 0.6) is 0 Å². The molecule has 0 nitrogen and oxygen atoms in total. The molecule has 1 aromatic heterocycles. The highest BCUT2D eigenvalue weighted by Gasteiger charge is 2.31. The van der Waals surface area contributed by atoms with Gasteiger partial charge >= 0.3 is 0 Å². The second-order valence-electron chi connectivity index (χ2n) is 4.11. The second kappa shape index (κ2) is 4.54. The molecule has 0 aromatic carbocycles. The van der Waals surface area contributed by atoms with Crippen LogP contribution in [-0.2, 0) is 6.42 Å². The van der Waals surface area contributed by atoms with Crippen molar-refractivity contribution in [2.24, 2.45) is 11.8 Å². The van der Waals surface area contributed by atoms with Gasteiger partial charge in [-0.2, -0.15) is 0 Å². The number of hydrogen-bond donors (Lipinski definition) is 0. The Morgan fingerprint density at radius 3 is 2.86 bits per heavy atom. The molecule has 78 valence electrons. The van der Waals surface area contributed by atoms with Crippen LogP contribution in [0.3, 0.4) is 0 Å². The molecule has 0 radical (unpaired) electrons. The van der Waals surface area contributed by atoms with Crippen LogP contribution in [0.15, 0.2) is 15.9 Å². The Balaban J connectivity index is 2.02. The molecule has 14 heavy (non-hydrogen) atoms. The lowest BCUT2D eigenvalue weighted by Gasteiger charge is -2.16. The van der Waals surface area contributed by atoms with Crippen molar-refractivity contribution < 1.29 is 0 Å². The van der Waals surface area contributed by atoms with Gasteiger partial charge in [-0.05, 0) is 58.5 Å². The molecule has 1 aliphatic rings. The highest BCUT2D eigenvalue weighted by atomic mass is 79.9. The van der Waals surface area contributed by atoms with Gasteiger partial charge in [-0.25, -0.2) is 0 Å². The van der Waals surface area contributed by atoms with E-state index in [2.05, 4.69) is 34.3 Å². The third kappa shape index (κ3) is 2.17. The number of hydrogen-bond acceptors (Lipinski definition) is 1. The molecule has 0 bridgehead atoms. The first kappa shape index (κ1) is 11.0. The van der Waals surface area contributed by atoms with Gasteiger partial charge in [0.2, 0.25) is 0 Å². The fourth-order valence-electron chi connectivity index (χ4n) is 2.19. The fraction of sp³-hybridized carbons (Fsp3) is 0.636. The predicted molar refractivity (Wildman–Crippen MR) is 67.3 cm³/mol. The fourth-order valence-corrected chi connectivity index (χ4v) is 4.13. The highest BCUT2D eigenvalue weighted by Crippen LogP contribution is 2.39. The number of alkyl halides is 1. The zero-order valence-corrected chi connectivity index (χ0v) is 11.3. The Kier molecular flexibility index (Phi) is 3.56. The topological polar surface area (TPSA) is 0 Å². The van der Waals surface area contributed by atoms with Crippen LogP contribution < -0.4 is 0 Å². The van der Waals surface area contributed by atoms with E-state index >= 15 is 0 Å². The third-order valence-corrected chi connectivity index (χ3v) is 5.83. The summed E-state index contributed by atoms with van der Waals surface area (Å²) in [5, 5.41) is 2.55. The molecule has 3 unspecified atom stereocenters. The van der Waals surface area contributed by atoms with Crippen LogP contribution in [0.25, 0.3) is 0 Å². The van der Waals surface area contributed by atoms with Crippen LogP contribution in [0.1, 0.15) is 24.6 Å². The lowest BCUT2D eigenvalue weighted by Crippen LogP contribution is -2.12. The zero-order valence-electron chi connectivity index (χ0n) is 8.17. The Labute approximate surface area is 103 Å². The van der Waals surface area contributed by atoms with Gasteiger partial charge in [0.25, 0.3) is 0 Å². The first-order valence-corrected chi connectivity index (χ1v) is 7.15. The summed E-state index contributed by atoms with van der Waals surface area (Å²) < 4.78 is 1.27. The standard InChI is InChI=1S/C11H14BrClS/c1-7-8(2-3-10(7)13)6-11-9(12)4-5-14-11/h4-5,7-8,10H,2-3,6H2,1H3. The van der Waals surface area contributed by atoms with E-state index in [0.29, 0.717) is 11.3 Å². The summed E-state index contributed by atoms with van der Waals surface area (Å²) in [6.45, 7) is 2.29. The van der Waals surface area contributed by atoms with E-state index in [1.165, 1.54) is 28.6 Å². The molecule has 1 fully saturated rings. The van der Waals surface area contributed by atoms with E-state index in [-0.39, 0.29) is 0 Å². The van der Waals surface area contributed by atoms with Crippen molar-refractivity contribution >= 4 is 38.9 Å². The molecule has 3 atom stereocenters. The Hall–Kier alpha value is 0.470. The number of halogens is 2. The molecule has 3 heteroatoms. The summed E-state index contributed by atoms with van der Waals surface area (Å²) >= 11 is 11.7. The summed E-state index contributed by atoms with van der Waals surface area (Å²) in [7, 11) is 0. The first-order valence-electron chi connectivity index (χ1n) is 5.04. The van der Waals surface area contributed by atoms with Crippen LogP contribution in [0.2, 0.25) is 0 Å². The Morgan fingerprint density at radius 1 is 1.57 bits per heavy atom. The summed E-state index contributed by atoms with van der Waals surface area (Å²) in [6.07, 6.45) is 3.68. The van der Waals surface area contributed by atoms with Crippen molar-refractivity contribution in [2.75, 3.05) is 0 Å². The van der Waals surface area contributed by atoms with Crippen molar-refractivity contribution in [1.29, 1.82) is 0 Å². The maximum atomic E-state index is 6.23. The molecule has 1 aliphatic carbocycles. The predicted octanol–water partition coefficient (Wildman–Crippen LogP) is 4.71. The van der Waals surface area contributed by atoms with E-state index in [1.807, 2.05) is 11.3 Å². The summed E-state index contributed by atoms with van der Waals surface area (Å²) in [6, 6.07) is 2.14. The minimum absolute atomic E-state index is 0.402. The van der Waals surface area contributed by atoms with Gasteiger partial charge in [-0.1, -0.05) is 6.92 Å². The molecule has 1 heterocycles. The van der Waals surface area contributed by atoms with Crippen molar-refractivity contribution in [3.8, 4) is 0 Å². The second-order valence-corrected chi connectivity index (χ2v) is 6.52. The van der Waals surface area contributed by atoms with Gasteiger partial charge in [0, 0.05) is 14.7 Å². The summed E-state index contributed by atoms with van der Waals surface area (Å²) in [5.74, 6) is 1.46. The van der Waals surface area contributed by atoms with Crippen molar-refractivity contribution in [1.82, 2.24) is 0 Å². The third-order valence-electron chi connectivity index (χ3n) is 3.27. The Bertz CT molecular complexity index is 310. The van der Waals surface area contributed by atoms with Gasteiger partial charge in [0.15, 0.2) is 0 Å². The maximum absolute atomic E-state index is 6.23. The monoisotopic (exact) mass is 292 g/mol. The van der Waals surface area contributed by atoms with Crippen LogP contribution in [-0.4, -0.2) is 5.38 Å². The quantitative estimate of drug-likeness (QED) is 0.693. The van der Waals surface area contributed by atoms with Crippen LogP contribution >= 0.6 is 38.9 Å². The van der Waals surface area contributed by atoms with E-state index in [4.69, 9.17) is 11.6 Å². The van der Waals surface area contributed by atoms with Crippen LogP contribution in [0.4, 0.5) is 0 Å². The average Bonchev–Trinajstić information content (AvgIpc) is 2.68. The van der Waals surface area contributed by atoms with Gasteiger partial charge in [-0.15, -0.1) is 22.9 Å². The largest absolute Gasteiger partial charge is 0.148 e. The van der Waals surface area contributed by atoms with Gasteiger partial charge in [-0.3, -0.25) is 0 Å². The molecule has 1 aromatic rings. The molecular formula is C11H14BrClS. The summed E-state index contributed by atoms with van der Waals surface area (Å²) in [5.41, 5.74) is 0. The van der Waals surface area contributed by atoms with Gasteiger partial charge in [0.1, 0.15) is 0 Å². The zero-order chi connectivity index (χ0) is 10.1. The molecule has 0 aliphatic heterocycles. The average molecular weight is 294 g/mol. The molecule has 2 rings (SSSR count). The molecular weight excluding hydrogens is 280 g/mol. The van der Waals surface area contributed by atoms with Crippen molar-refractivity contribution in [3.05, 3.63) is 20.8 Å². The van der Waals surface area contributed by atoms with Gasteiger partial charge in [0.05, 0.1) is 0 Å². The molecule has 0 amide bonds. The SMILES string of the molecule is CC1C(Cl)CCC1Cc1sccc1Br. The van der Waals surface area contributed by atoms with E-state index in [0.717, 1.165) is 5.92 Å². The van der Waals surface area contributed by atoms with Crippen molar-refractivity contribution in [2.45, 2.75) is 31.6 Å². The maximum Gasteiger partial charge on any atom is 0.0364 e. The molecule has 0 saturated heterocycles. The smallest absolute Gasteiger partial charge is 0.0364 e. The number of rotatable bonds is 2. The van der Waals surface area contributed by atoms with Crippen molar-refractivity contribution in [3.63, 3.8) is 0 Å². The molecule has 1 saturated carbocycles. The molecule has 0 N–H and O–H groups in total. The van der Waals surface area contributed by atoms with Gasteiger partial charge < -0.3 is 0 Å². The first-order chi connectivity index (χ1) is 6.68. The van der Waals surface area contributed by atoms with E-state index in [9.17, 15) is 0 Å². The lowest BCUT2D eigenvalue weighted by molar-refractivity contribution is 0.422. The minimum Gasteiger partial charge on any atom is -0.148 e. The van der Waals surface area contributed by atoms with Crippen LogP contribution in [0, 0.1) is 11.8 Å².